The third-order valence-electron chi connectivity index (χ3n) is 5.02. The standard InChI is InChI=1S/C17H25N3O3S.ClH/c18-12-14-5-1-2-8-16(14)19-17(21)13-6-3-7-15(11-13)20-9-4-10-24(20,22)23;/h3,6-7,11,14,16H,1-2,4-5,8-10,12,18H2,(H,19,21);1H. The zero-order valence-corrected chi connectivity index (χ0v) is 15.8. The van der Waals surface area contributed by atoms with Crippen molar-refractivity contribution < 1.29 is 13.2 Å². The number of carbonyl (C=O) groups is 1. The van der Waals surface area contributed by atoms with E-state index in [4.69, 9.17) is 5.73 Å². The largest absolute Gasteiger partial charge is 0.349 e. The molecule has 1 aliphatic heterocycles. The Hall–Kier alpha value is -1.31. The van der Waals surface area contributed by atoms with Crippen LogP contribution in [0.5, 0.6) is 0 Å². The number of anilines is 1. The molecule has 1 saturated carbocycles. The fourth-order valence-corrected chi connectivity index (χ4v) is 5.22. The number of hydrogen-bond donors (Lipinski definition) is 2. The smallest absolute Gasteiger partial charge is 0.251 e. The van der Waals surface area contributed by atoms with E-state index in [1.165, 1.54) is 4.31 Å². The summed E-state index contributed by atoms with van der Waals surface area (Å²) in [6.07, 6.45) is 4.89. The van der Waals surface area contributed by atoms with Gasteiger partial charge in [-0.25, -0.2) is 8.42 Å². The van der Waals surface area contributed by atoms with Crippen molar-refractivity contribution in [2.45, 2.75) is 38.1 Å². The van der Waals surface area contributed by atoms with Gasteiger partial charge < -0.3 is 11.1 Å². The molecule has 0 radical (unpaired) electrons. The summed E-state index contributed by atoms with van der Waals surface area (Å²) in [6, 6.07) is 6.97. The minimum Gasteiger partial charge on any atom is -0.349 e. The van der Waals surface area contributed by atoms with E-state index in [1.807, 2.05) is 0 Å². The number of nitrogens with one attached hydrogen (secondary N) is 1. The molecule has 2 fully saturated rings. The van der Waals surface area contributed by atoms with Crippen molar-refractivity contribution in [2.75, 3.05) is 23.1 Å². The van der Waals surface area contributed by atoms with Crippen LogP contribution in [0.4, 0.5) is 5.69 Å². The highest BCUT2D eigenvalue weighted by Gasteiger charge is 2.29. The zero-order valence-electron chi connectivity index (χ0n) is 14.2. The summed E-state index contributed by atoms with van der Waals surface area (Å²) in [6.45, 7) is 1.06. The summed E-state index contributed by atoms with van der Waals surface area (Å²) < 4.78 is 25.5. The lowest BCUT2D eigenvalue weighted by molar-refractivity contribution is 0.0908. The van der Waals surface area contributed by atoms with Crippen LogP contribution in [0, 0.1) is 5.92 Å². The molecule has 0 aromatic heterocycles. The molecular weight excluding hydrogens is 362 g/mol. The quantitative estimate of drug-likeness (QED) is 0.825. The first-order valence-electron chi connectivity index (χ1n) is 8.62. The zero-order chi connectivity index (χ0) is 17.2. The molecule has 0 spiro atoms. The first-order valence-corrected chi connectivity index (χ1v) is 10.2. The van der Waals surface area contributed by atoms with Gasteiger partial charge in [-0.15, -0.1) is 12.4 Å². The molecule has 3 rings (SSSR count). The van der Waals surface area contributed by atoms with Crippen molar-refractivity contribution in [3.8, 4) is 0 Å². The maximum absolute atomic E-state index is 12.6. The molecule has 3 N–H and O–H groups in total. The number of rotatable bonds is 4. The van der Waals surface area contributed by atoms with Crippen molar-refractivity contribution in [2.24, 2.45) is 11.7 Å². The maximum Gasteiger partial charge on any atom is 0.251 e. The van der Waals surface area contributed by atoms with Crippen molar-refractivity contribution in [3.05, 3.63) is 29.8 Å². The van der Waals surface area contributed by atoms with Crippen LogP contribution >= 0.6 is 12.4 Å². The van der Waals surface area contributed by atoms with Gasteiger partial charge in [0.2, 0.25) is 10.0 Å². The predicted molar refractivity (Wildman–Crippen MR) is 102 cm³/mol. The molecule has 1 heterocycles. The average Bonchev–Trinajstić information content (AvgIpc) is 2.94. The fraction of sp³-hybridized carbons (Fsp3) is 0.588. The summed E-state index contributed by atoms with van der Waals surface area (Å²) in [5.41, 5.74) is 6.88. The summed E-state index contributed by atoms with van der Waals surface area (Å²) in [5.74, 6) is 0.340. The highest BCUT2D eigenvalue weighted by molar-refractivity contribution is 7.93. The molecule has 1 aliphatic carbocycles. The summed E-state index contributed by atoms with van der Waals surface area (Å²) in [5, 5.41) is 3.09. The van der Waals surface area contributed by atoms with Crippen LogP contribution in [0.2, 0.25) is 0 Å². The average molecular weight is 388 g/mol. The molecule has 2 aliphatic rings. The molecule has 2 atom stereocenters. The van der Waals surface area contributed by atoms with Crippen LogP contribution < -0.4 is 15.4 Å². The molecule has 1 aromatic carbocycles. The summed E-state index contributed by atoms with van der Waals surface area (Å²) in [4.78, 5) is 12.6. The monoisotopic (exact) mass is 387 g/mol. The number of hydrogen-bond acceptors (Lipinski definition) is 4. The second kappa shape index (κ2) is 8.38. The minimum atomic E-state index is -3.24. The van der Waals surface area contributed by atoms with Gasteiger partial charge >= 0.3 is 0 Å². The summed E-state index contributed by atoms with van der Waals surface area (Å²) >= 11 is 0. The topological polar surface area (TPSA) is 92.5 Å². The number of nitrogens with zero attached hydrogens (tertiary/aromatic N) is 1. The maximum atomic E-state index is 12.6. The molecule has 1 saturated heterocycles. The van der Waals surface area contributed by atoms with Crippen molar-refractivity contribution >= 4 is 34.0 Å². The predicted octanol–water partition coefficient (Wildman–Crippen LogP) is 1.90. The Morgan fingerprint density at radius 2 is 2.00 bits per heavy atom. The first-order chi connectivity index (χ1) is 11.5. The summed E-state index contributed by atoms with van der Waals surface area (Å²) in [7, 11) is -3.24. The SMILES string of the molecule is Cl.NCC1CCCCC1NC(=O)c1cccc(N2CCCS2(=O)=O)c1. The van der Waals surface area contributed by atoms with Gasteiger partial charge in [0, 0.05) is 18.2 Å². The van der Waals surface area contributed by atoms with Gasteiger partial charge in [0.15, 0.2) is 0 Å². The number of sulfonamides is 1. The third kappa shape index (κ3) is 4.46. The number of benzene rings is 1. The van der Waals surface area contributed by atoms with Gasteiger partial charge in [-0.1, -0.05) is 18.9 Å². The van der Waals surface area contributed by atoms with E-state index in [0.29, 0.717) is 36.7 Å². The van der Waals surface area contributed by atoms with Crippen LogP contribution in [0.25, 0.3) is 0 Å². The molecular formula is C17H26ClN3O3S. The third-order valence-corrected chi connectivity index (χ3v) is 6.89. The fourth-order valence-electron chi connectivity index (χ4n) is 3.66. The van der Waals surface area contributed by atoms with E-state index in [2.05, 4.69) is 5.32 Å². The van der Waals surface area contributed by atoms with E-state index >= 15 is 0 Å². The molecule has 8 heteroatoms. The Morgan fingerprint density at radius 1 is 1.24 bits per heavy atom. The van der Waals surface area contributed by atoms with E-state index in [0.717, 1.165) is 25.7 Å². The highest BCUT2D eigenvalue weighted by Crippen LogP contribution is 2.26. The van der Waals surface area contributed by atoms with Gasteiger partial charge in [-0.2, -0.15) is 0 Å². The Bertz CT molecular complexity index is 711. The second-order valence-electron chi connectivity index (χ2n) is 6.65. The molecule has 2 unspecified atom stereocenters. The normalized spacial score (nSPS) is 25.2. The van der Waals surface area contributed by atoms with Crippen molar-refractivity contribution in [3.63, 3.8) is 0 Å². The molecule has 6 nitrogen and oxygen atoms in total. The van der Waals surface area contributed by atoms with Crippen LogP contribution in [-0.4, -0.2) is 39.2 Å². The molecule has 1 aromatic rings. The Balaban J connectivity index is 0.00000225. The molecule has 25 heavy (non-hydrogen) atoms. The Kier molecular flexibility index (Phi) is 6.71. The molecule has 1 amide bonds. The van der Waals surface area contributed by atoms with Crippen molar-refractivity contribution in [1.29, 1.82) is 0 Å². The number of carbonyl (C=O) groups excluding carboxylic acids is 1. The Labute approximate surface area is 155 Å². The van der Waals surface area contributed by atoms with Crippen LogP contribution in [-0.2, 0) is 10.0 Å². The van der Waals surface area contributed by atoms with E-state index in [1.54, 1.807) is 24.3 Å². The van der Waals surface area contributed by atoms with E-state index in [9.17, 15) is 13.2 Å². The van der Waals surface area contributed by atoms with E-state index in [-0.39, 0.29) is 30.1 Å². The highest BCUT2D eigenvalue weighted by atomic mass is 35.5. The van der Waals surface area contributed by atoms with Gasteiger partial charge in [0.05, 0.1) is 11.4 Å². The lowest BCUT2D eigenvalue weighted by atomic mass is 9.84. The van der Waals surface area contributed by atoms with Crippen LogP contribution in [0.3, 0.4) is 0 Å². The minimum absolute atomic E-state index is 0. The number of amides is 1. The van der Waals surface area contributed by atoms with Gasteiger partial charge in [0.25, 0.3) is 5.91 Å². The number of halogens is 1. The van der Waals surface area contributed by atoms with Gasteiger partial charge in [-0.3, -0.25) is 9.10 Å². The number of nitrogens with two attached hydrogens (primary N) is 1. The van der Waals surface area contributed by atoms with Gasteiger partial charge in [0.1, 0.15) is 0 Å². The lowest BCUT2D eigenvalue weighted by Crippen LogP contribution is -2.44. The molecule has 0 bridgehead atoms. The van der Waals surface area contributed by atoms with Crippen molar-refractivity contribution in [1.82, 2.24) is 5.32 Å². The molecule has 140 valence electrons. The van der Waals surface area contributed by atoms with E-state index < -0.39 is 10.0 Å². The Morgan fingerprint density at radius 3 is 2.68 bits per heavy atom. The van der Waals surface area contributed by atoms with Crippen LogP contribution in [0.1, 0.15) is 42.5 Å². The lowest BCUT2D eigenvalue weighted by Gasteiger charge is -2.31. The van der Waals surface area contributed by atoms with Crippen LogP contribution in [0.15, 0.2) is 24.3 Å². The van der Waals surface area contributed by atoms with Gasteiger partial charge in [-0.05, 0) is 49.9 Å². The first kappa shape index (κ1) is 20.0. The second-order valence-corrected chi connectivity index (χ2v) is 8.67.